The highest BCUT2D eigenvalue weighted by atomic mass is 32.2. The second kappa shape index (κ2) is 10.1. The summed E-state index contributed by atoms with van der Waals surface area (Å²) < 4.78 is 31.9. The standard InChI is InChI=1S/C27H24N4O5S2/c1-30(2)19-10-6-18(7-11-19)27-31(25(32)16-37-27)20-8-3-17(4-9-20)5-14-24-28-23-13-12-21(38(34,35)36)15-22(23)26(33)29-24/h3-15,27H,16H2,1-2H3,(H,28,29,33)(H,34,35,36)/b14-5+. The van der Waals surface area contributed by atoms with Gasteiger partial charge in [0.25, 0.3) is 15.7 Å². The van der Waals surface area contributed by atoms with Crippen molar-refractivity contribution in [2.75, 3.05) is 29.6 Å². The molecule has 11 heteroatoms. The van der Waals surface area contributed by atoms with E-state index in [2.05, 4.69) is 22.1 Å². The van der Waals surface area contributed by atoms with E-state index in [4.69, 9.17) is 0 Å². The van der Waals surface area contributed by atoms with Gasteiger partial charge in [-0.15, -0.1) is 11.8 Å². The van der Waals surface area contributed by atoms with Crippen LogP contribution in [0.15, 0.2) is 76.4 Å². The predicted molar refractivity (Wildman–Crippen MR) is 151 cm³/mol. The maximum Gasteiger partial charge on any atom is 0.294 e. The molecular formula is C27H24N4O5S2. The smallest absolute Gasteiger partial charge is 0.294 e. The first kappa shape index (κ1) is 25.7. The summed E-state index contributed by atoms with van der Waals surface area (Å²) >= 11 is 1.60. The van der Waals surface area contributed by atoms with E-state index in [0.29, 0.717) is 17.1 Å². The Morgan fingerprint density at radius 3 is 2.39 bits per heavy atom. The Morgan fingerprint density at radius 2 is 1.74 bits per heavy atom. The van der Waals surface area contributed by atoms with Crippen molar-refractivity contribution in [3.05, 3.63) is 94.0 Å². The number of nitrogens with zero attached hydrogens (tertiary/aromatic N) is 3. The van der Waals surface area contributed by atoms with Gasteiger partial charge in [0.1, 0.15) is 11.2 Å². The Hall–Kier alpha value is -3.93. The van der Waals surface area contributed by atoms with Crippen molar-refractivity contribution < 1.29 is 17.8 Å². The molecule has 1 aliphatic heterocycles. The minimum atomic E-state index is -4.43. The number of nitrogens with one attached hydrogen (secondary N) is 1. The molecule has 1 unspecified atom stereocenters. The normalized spacial score (nSPS) is 16.0. The summed E-state index contributed by atoms with van der Waals surface area (Å²) in [6.45, 7) is 0. The second-order valence-electron chi connectivity index (χ2n) is 8.94. The highest BCUT2D eigenvalue weighted by Gasteiger charge is 2.34. The summed E-state index contributed by atoms with van der Waals surface area (Å²) in [7, 11) is -0.453. The van der Waals surface area contributed by atoms with Gasteiger partial charge in [-0.2, -0.15) is 8.42 Å². The third-order valence-corrected chi connectivity index (χ3v) is 8.22. The lowest BCUT2D eigenvalue weighted by atomic mass is 10.1. The van der Waals surface area contributed by atoms with Crippen LogP contribution in [0.5, 0.6) is 0 Å². The number of H-pyrrole nitrogens is 1. The number of hydrogen-bond acceptors (Lipinski definition) is 7. The molecule has 1 amide bonds. The molecule has 0 radical (unpaired) electrons. The number of carbonyl (C=O) groups is 1. The minimum absolute atomic E-state index is 0.0510. The summed E-state index contributed by atoms with van der Waals surface area (Å²) in [5, 5.41) is -0.0472. The zero-order valence-corrected chi connectivity index (χ0v) is 22.2. The number of aromatic nitrogens is 2. The van der Waals surface area contributed by atoms with Crippen LogP contribution in [0.3, 0.4) is 0 Å². The van der Waals surface area contributed by atoms with E-state index in [0.717, 1.165) is 28.6 Å². The van der Waals surface area contributed by atoms with Crippen molar-refractivity contribution in [2.45, 2.75) is 10.3 Å². The van der Waals surface area contributed by atoms with E-state index in [9.17, 15) is 22.6 Å². The van der Waals surface area contributed by atoms with Crippen molar-refractivity contribution in [2.24, 2.45) is 0 Å². The molecule has 4 aromatic rings. The van der Waals surface area contributed by atoms with Crippen molar-refractivity contribution >= 4 is 62.2 Å². The lowest BCUT2D eigenvalue weighted by Crippen LogP contribution is -2.27. The number of hydrogen-bond donors (Lipinski definition) is 2. The van der Waals surface area contributed by atoms with E-state index in [1.807, 2.05) is 60.3 Å². The number of carbonyl (C=O) groups excluding carboxylic acids is 1. The average molecular weight is 549 g/mol. The molecule has 1 saturated heterocycles. The molecule has 2 heterocycles. The van der Waals surface area contributed by atoms with Crippen LogP contribution in [0.1, 0.15) is 22.3 Å². The van der Waals surface area contributed by atoms with Gasteiger partial charge >= 0.3 is 0 Å². The first-order valence-electron chi connectivity index (χ1n) is 11.6. The second-order valence-corrected chi connectivity index (χ2v) is 11.4. The van der Waals surface area contributed by atoms with Crippen LogP contribution in [-0.4, -0.2) is 48.7 Å². The van der Waals surface area contributed by atoms with Gasteiger partial charge in [0, 0.05) is 25.5 Å². The van der Waals surface area contributed by atoms with Crippen LogP contribution < -0.4 is 15.4 Å². The van der Waals surface area contributed by atoms with Gasteiger partial charge in [-0.05, 0) is 59.7 Å². The molecule has 0 bridgehead atoms. The van der Waals surface area contributed by atoms with Gasteiger partial charge in [-0.3, -0.25) is 19.0 Å². The molecule has 0 aliphatic carbocycles. The molecule has 1 aromatic heterocycles. The Labute approximate surface area is 223 Å². The number of fused-ring (bicyclic) bond motifs is 1. The van der Waals surface area contributed by atoms with Crippen molar-refractivity contribution in [3.63, 3.8) is 0 Å². The molecule has 1 fully saturated rings. The molecule has 5 rings (SSSR count). The summed E-state index contributed by atoms with van der Waals surface area (Å²) in [5.74, 6) is 0.752. The number of benzene rings is 3. The summed E-state index contributed by atoms with van der Waals surface area (Å²) in [6, 6.07) is 19.4. The first-order valence-corrected chi connectivity index (χ1v) is 14.1. The zero-order chi connectivity index (χ0) is 27.0. The lowest BCUT2D eigenvalue weighted by molar-refractivity contribution is -0.115. The Balaban J connectivity index is 1.36. The van der Waals surface area contributed by atoms with E-state index >= 15 is 0 Å². The van der Waals surface area contributed by atoms with Gasteiger partial charge in [-0.1, -0.05) is 30.3 Å². The molecule has 2 N–H and O–H groups in total. The van der Waals surface area contributed by atoms with Gasteiger partial charge < -0.3 is 9.88 Å². The van der Waals surface area contributed by atoms with Gasteiger partial charge in [0.2, 0.25) is 5.91 Å². The quantitative estimate of drug-likeness (QED) is 0.344. The summed E-state index contributed by atoms with van der Waals surface area (Å²) in [6.07, 6.45) is 3.41. The van der Waals surface area contributed by atoms with Gasteiger partial charge in [0.15, 0.2) is 0 Å². The molecule has 1 aliphatic rings. The van der Waals surface area contributed by atoms with E-state index < -0.39 is 15.7 Å². The Morgan fingerprint density at radius 1 is 1.03 bits per heavy atom. The number of thioether (sulfide) groups is 1. The molecule has 3 aromatic carbocycles. The summed E-state index contributed by atoms with van der Waals surface area (Å²) in [5.41, 5.74) is 3.56. The van der Waals surface area contributed by atoms with E-state index in [1.165, 1.54) is 12.1 Å². The maximum absolute atomic E-state index is 12.7. The molecule has 38 heavy (non-hydrogen) atoms. The first-order chi connectivity index (χ1) is 18.1. The topological polar surface area (TPSA) is 124 Å². The van der Waals surface area contributed by atoms with E-state index in [1.54, 1.807) is 23.9 Å². The number of anilines is 2. The summed E-state index contributed by atoms with van der Waals surface area (Å²) in [4.78, 5) is 35.6. The van der Waals surface area contributed by atoms with Crippen LogP contribution in [0.4, 0.5) is 11.4 Å². The number of aromatic amines is 1. The number of rotatable bonds is 6. The van der Waals surface area contributed by atoms with E-state index in [-0.39, 0.29) is 21.6 Å². The van der Waals surface area contributed by atoms with Crippen LogP contribution in [0.2, 0.25) is 0 Å². The van der Waals surface area contributed by atoms with Crippen molar-refractivity contribution in [3.8, 4) is 0 Å². The fourth-order valence-electron chi connectivity index (χ4n) is 4.18. The predicted octanol–water partition coefficient (Wildman–Crippen LogP) is 4.18. The Bertz CT molecular complexity index is 1710. The molecular weight excluding hydrogens is 524 g/mol. The molecule has 194 valence electrons. The molecule has 1 atom stereocenters. The third-order valence-electron chi connectivity index (χ3n) is 6.16. The highest BCUT2D eigenvalue weighted by molar-refractivity contribution is 8.00. The van der Waals surface area contributed by atoms with Crippen LogP contribution in [0.25, 0.3) is 23.1 Å². The van der Waals surface area contributed by atoms with Crippen LogP contribution in [-0.2, 0) is 14.9 Å². The lowest BCUT2D eigenvalue weighted by Gasteiger charge is -2.25. The fraction of sp³-hybridized carbons (Fsp3) is 0.148. The highest BCUT2D eigenvalue weighted by Crippen LogP contribution is 2.42. The molecule has 0 saturated carbocycles. The molecule has 9 nitrogen and oxygen atoms in total. The van der Waals surface area contributed by atoms with Crippen molar-refractivity contribution in [1.29, 1.82) is 0 Å². The van der Waals surface area contributed by atoms with Crippen LogP contribution in [0, 0.1) is 0 Å². The monoisotopic (exact) mass is 548 g/mol. The van der Waals surface area contributed by atoms with Gasteiger partial charge in [0.05, 0.1) is 21.6 Å². The Kier molecular flexibility index (Phi) is 6.82. The average Bonchev–Trinajstić information content (AvgIpc) is 3.28. The zero-order valence-electron chi connectivity index (χ0n) is 20.5. The minimum Gasteiger partial charge on any atom is -0.378 e. The third kappa shape index (κ3) is 5.21. The van der Waals surface area contributed by atoms with Crippen LogP contribution >= 0.6 is 11.8 Å². The fourth-order valence-corrected chi connectivity index (χ4v) is 5.87. The SMILES string of the molecule is CN(C)c1ccc(C2SCC(=O)N2c2ccc(/C=C/c3nc4ccc(S(=O)(=O)O)cc4c(=O)[nH]3)cc2)cc1. The molecule has 0 spiro atoms. The van der Waals surface area contributed by atoms with Gasteiger partial charge in [-0.25, -0.2) is 4.98 Å². The maximum atomic E-state index is 12.7. The largest absolute Gasteiger partial charge is 0.378 e. The number of amides is 1. The van der Waals surface area contributed by atoms with Crippen molar-refractivity contribution in [1.82, 2.24) is 9.97 Å².